The van der Waals surface area contributed by atoms with E-state index in [2.05, 4.69) is 43.2 Å². The van der Waals surface area contributed by atoms with Gasteiger partial charge in [0.15, 0.2) is 0 Å². The lowest BCUT2D eigenvalue weighted by Crippen LogP contribution is -2.11. The van der Waals surface area contributed by atoms with E-state index in [1.165, 1.54) is 10.4 Å². The zero-order valence-corrected chi connectivity index (χ0v) is 13.2. The quantitative estimate of drug-likeness (QED) is 0.847. The summed E-state index contributed by atoms with van der Waals surface area (Å²) in [5.74, 6) is 0.936. The smallest absolute Gasteiger partial charge is 0.119 e. The fourth-order valence-electron chi connectivity index (χ4n) is 1.96. The van der Waals surface area contributed by atoms with Gasteiger partial charge in [0.25, 0.3) is 0 Å². The number of nitrogens with one attached hydrogen (secondary N) is 1. The van der Waals surface area contributed by atoms with Crippen molar-refractivity contribution in [3.05, 3.63) is 45.4 Å². The molecule has 0 unspecified atom stereocenters. The normalized spacial score (nSPS) is 10.8. The molecule has 0 aliphatic carbocycles. The van der Waals surface area contributed by atoms with Gasteiger partial charge in [-0.2, -0.15) is 0 Å². The van der Waals surface area contributed by atoms with Crippen LogP contribution in [0.2, 0.25) is 0 Å². The molecular weight excluding hydrogens is 268 g/mol. The van der Waals surface area contributed by atoms with E-state index in [0.717, 1.165) is 36.0 Å². The van der Waals surface area contributed by atoms with Crippen molar-refractivity contribution >= 4 is 11.3 Å². The molecule has 0 saturated carbocycles. The van der Waals surface area contributed by atoms with Crippen molar-refractivity contribution in [2.24, 2.45) is 0 Å². The van der Waals surface area contributed by atoms with Crippen molar-refractivity contribution in [1.82, 2.24) is 10.3 Å². The molecule has 4 heteroatoms. The summed E-state index contributed by atoms with van der Waals surface area (Å²) in [6.45, 7) is 8.85. The monoisotopic (exact) mass is 290 g/mol. The lowest BCUT2D eigenvalue weighted by Gasteiger charge is -2.05. The first-order valence-electron chi connectivity index (χ1n) is 7.04. The molecular formula is C16H22N2OS. The molecule has 3 nitrogen and oxygen atoms in total. The van der Waals surface area contributed by atoms with Crippen molar-refractivity contribution in [3.63, 3.8) is 0 Å². The molecule has 2 rings (SSSR count). The first-order chi connectivity index (χ1) is 9.69. The lowest BCUT2D eigenvalue weighted by molar-refractivity contribution is 0.321. The number of ether oxygens (including phenoxy) is 1. The highest BCUT2D eigenvalue weighted by Crippen LogP contribution is 2.19. The number of aryl methyl sites for hydroxylation is 2. The molecule has 20 heavy (non-hydrogen) atoms. The average molecular weight is 290 g/mol. The Kier molecular flexibility index (Phi) is 5.56. The number of benzene rings is 1. The van der Waals surface area contributed by atoms with Gasteiger partial charge in [0.05, 0.1) is 17.3 Å². The highest BCUT2D eigenvalue weighted by molar-refractivity contribution is 7.11. The molecule has 0 amide bonds. The van der Waals surface area contributed by atoms with Gasteiger partial charge >= 0.3 is 0 Å². The molecule has 1 N–H and O–H groups in total. The van der Waals surface area contributed by atoms with E-state index in [-0.39, 0.29) is 0 Å². The minimum atomic E-state index is 0.678. The molecule has 0 spiro atoms. The van der Waals surface area contributed by atoms with Gasteiger partial charge in [0, 0.05) is 17.8 Å². The van der Waals surface area contributed by atoms with Crippen molar-refractivity contribution in [3.8, 4) is 5.75 Å². The van der Waals surface area contributed by atoms with Crippen molar-refractivity contribution in [2.75, 3.05) is 13.2 Å². The fraction of sp³-hybridized carbons (Fsp3) is 0.438. The van der Waals surface area contributed by atoms with E-state index in [9.17, 15) is 0 Å². The maximum atomic E-state index is 5.77. The van der Waals surface area contributed by atoms with Crippen molar-refractivity contribution < 1.29 is 4.74 Å². The molecule has 0 aliphatic rings. The zero-order chi connectivity index (χ0) is 14.4. The number of hydrogen-bond donors (Lipinski definition) is 1. The Labute approximate surface area is 125 Å². The van der Waals surface area contributed by atoms with Gasteiger partial charge in [0.2, 0.25) is 0 Å². The summed E-state index contributed by atoms with van der Waals surface area (Å²) in [5.41, 5.74) is 2.36. The molecule has 0 aliphatic heterocycles. The van der Waals surface area contributed by atoms with E-state index < -0.39 is 0 Å². The Balaban J connectivity index is 1.85. The van der Waals surface area contributed by atoms with Crippen LogP contribution < -0.4 is 10.1 Å². The van der Waals surface area contributed by atoms with Crippen LogP contribution in [0.1, 0.15) is 28.1 Å². The average Bonchev–Trinajstić information content (AvgIpc) is 2.77. The second-order valence-corrected chi connectivity index (χ2v) is 5.98. The highest BCUT2D eigenvalue weighted by atomic mass is 32.1. The van der Waals surface area contributed by atoms with E-state index in [4.69, 9.17) is 4.74 Å². The molecule has 2 aromatic rings. The largest absolute Gasteiger partial charge is 0.493 e. The highest BCUT2D eigenvalue weighted by Gasteiger charge is 2.07. The number of thiazole rings is 1. The zero-order valence-electron chi connectivity index (χ0n) is 12.4. The molecule has 0 radical (unpaired) electrons. The topological polar surface area (TPSA) is 34.1 Å². The van der Waals surface area contributed by atoms with E-state index in [0.29, 0.717) is 6.61 Å². The first kappa shape index (κ1) is 15.0. The SMILES string of the molecule is CCNCc1sc(CCOc2cccc(C)c2)nc1C. The van der Waals surface area contributed by atoms with Crippen LogP contribution in [0.15, 0.2) is 24.3 Å². The van der Waals surface area contributed by atoms with Gasteiger partial charge in [-0.15, -0.1) is 11.3 Å². The van der Waals surface area contributed by atoms with Gasteiger partial charge in [-0.05, 0) is 38.1 Å². The molecule has 0 atom stereocenters. The third kappa shape index (κ3) is 4.32. The number of hydrogen-bond acceptors (Lipinski definition) is 4. The van der Waals surface area contributed by atoms with Gasteiger partial charge in [-0.1, -0.05) is 19.1 Å². The number of nitrogens with zero attached hydrogens (tertiary/aromatic N) is 1. The molecule has 0 fully saturated rings. The Morgan fingerprint density at radius 2 is 2.15 bits per heavy atom. The van der Waals surface area contributed by atoms with Crippen LogP contribution in [0, 0.1) is 13.8 Å². The maximum Gasteiger partial charge on any atom is 0.119 e. The second-order valence-electron chi connectivity index (χ2n) is 4.81. The first-order valence-corrected chi connectivity index (χ1v) is 7.86. The van der Waals surface area contributed by atoms with Crippen LogP contribution in [0.3, 0.4) is 0 Å². The molecule has 1 heterocycles. The molecule has 0 bridgehead atoms. The second kappa shape index (κ2) is 7.41. The Morgan fingerprint density at radius 3 is 2.90 bits per heavy atom. The summed E-state index contributed by atoms with van der Waals surface area (Å²) in [4.78, 5) is 5.94. The third-order valence-electron chi connectivity index (χ3n) is 3.05. The summed E-state index contributed by atoms with van der Waals surface area (Å²) in [6.07, 6.45) is 0.867. The molecule has 108 valence electrons. The summed E-state index contributed by atoms with van der Waals surface area (Å²) < 4.78 is 5.77. The van der Waals surface area contributed by atoms with Crippen molar-refractivity contribution in [2.45, 2.75) is 33.7 Å². The Morgan fingerprint density at radius 1 is 1.30 bits per heavy atom. The molecule has 1 aromatic carbocycles. The van der Waals surface area contributed by atoms with E-state index in [1.54, 1.807) is 11.3 Å². The van der Waals surface area contributed by atoms with Gasteiger partial charge in [0.1, 0.15) is 5.75 Å². The van der Waals surface area contributed by atoms with Crippen molar-refractivity contribution in [1.29, 1.82) is 0 Å². The van der Waals surface area contributed by atoms with E-state index >= 15 is 0 Å². The van der Waals surface area contributed by atoms with Gasteiger partial charge in [-0.3, -0.25) is 0 Å². The van der Waals surface area contributed by atoms with Crippen LogP contribution in [0.4, 0.5) is 0 Å². The molecule has 1 aromatic heterocycles. The standard InChI is InChI=1S/C16H22N2OS/c1-4-17-11-15-13(3)18-16(20-15)8-9-19-14-7-5-6-12(2)10-14/h5-7,10,17H,4,8-9,11H2,1-3H3. The summed E-state index contributed by atoms with van der Waals surface area (Å²) in [6, 6.07) is 8.15. The van der Waals surface area contributed by atoms with Crippen LogP contribution in [0.5, 0.6) is 5.75 Å². The maximum absolute atomic E-state index is 5.77. The fourth-order valence-corrected chi connectivity index (χ4v) is 2.98. The molecule has 0 saturated heterocycles. The van der Waals surface area contributed by atoms with E-state index in [1.807, 2.05) is 12.1 Å². The Bertz CT molecular complexity index is 551. The summed E-state index contributed by atoms with van der Waals surface area (Å²) >= 11 is 1.78. The number of rotatable bonds is 7. The lowest BCUT2D eigenvalue weighted by atomic mass is 10.2. The third-order valence-corrected chi connectivity index (χ3v) is 4.26. The van der Waals surface area contributed by atoms with Crippen LogP contribution in [-0.4, -0.2) is 18.1 Å². The predicted octanol–water partition coefficient (Wildman–Crippen LogP) is 3.49. The summed E-state index contributed by atoms with van der Waals surface area (Å²) in [5, 5.41) is 4.50. The predicted molar refractivity (Wildman–Crippen MR) is 84.6 cm³/mol. The number of aromatic nitrogens is 1. The van der Waals surface area contributed by atoms with Crippen LogP contribution in [0.25, 0.3) is 0 Å². The Hall–Kier alpha value is -1.39. The minimum Gasteiger partial charge on any atom is -0.493 e. The summed E-state index contributed by atoms with van der Waals surface area (Å²) in [7, 11) is 0. The minimum absolute atomic E-state index is 0.678. The van der Waals surface area contributed by atoms with Gasteiger partial charge < -0.3 is 10.1 Å². The van der Waals surface area contributed by atoms with Crippen LogP contribution >= 0.6 is 11.3 Å². The van der Waals surface area contributed by atoms with Gasteiger partial charge in [-0.25, -0.2) is 4.98 Å². The van der Waals surface area contributed by atoms with Crippen LogP contribution in [-0.2, 0) is 13.0 Å².